The summed E-state index contributed by atoms with van der Waals surface area (Å²) in [5.41, 5.74) is 0. The Kier molecular flexibility index (Phi) is 22.7. The molecular formula is C26H52O10. The van der Waals surface area contributed by atoms with E-state index in [1.54, 1.807) is 6.92 Å². The van der Waals surface area contributed by atoms with Crippen LogP contribution in [0.15, 0.2) is 0 Å². The average molecular weight is 525 g/mol. The SMILES string of the molecule is CCCCCCC(OCC(O)CO)C(O)C(O)C(CCCCCCCC(=O)OCC)OCC(O)CO. The van der Waals surface area contributed by atoms with Crippen molar-refractivity contribution in [3.63, 3.8) is 0 Å². The lowest BCUT2D eigenvalue weighted by molar-refractivity contribution is -0.156. The van der Waals surface area contributed by atoms with Crippen molar-refractivity contribution in [2.24, 2.45) is 0 Å². The van der Waals surface area contributed by atoms with Gasteiger partial charge in [-0.15, -0.1) is 0 Å². The standard InChI is InChI=1S/C26H52O10/c1-3-5-6-10-13-22(35-18-20(29)16-27)25(32)26(33)23(36-19-21(30)17-28)14-11-8-7-9-12-15-24(31)34-4-2/h20-23,25-30,32-33H,3-19H2,1-2H3. The van der Waals surface area contributed by atoms with Gasteiger partial charge in [0.2, 0.25) is 0 Å². The molecule has 0 spiro atoms. The summed E-state index contributed by atoms with van der Waals surface area (Å²) in [6.45, 7) is 2.95. The first kappa shape index (κ1) is 35.2. The number of ether oxygens (including phenoxy) is 3. The van der Waals surface area contributed by atoms with Gasteiger partial charge in [0, 0.05) is 6.42 Å². The van der Waals surface area contributed by atoms with Crippen LogP contribution in [0.2, 0.25) is 0 Å². The fourth-order valence-corrected chi connectivity index (χ4v) is 3.87. The second kappa shape index (κ2) is 23.3. The molecule has 0 rings (SSSR count). The summed E-state index contributed by atoms with van der Waals surface area (Å²) in [7, 11) is 0. The van der Waals surface area contributed by atoms with Crippen molar-refractivity contribution in [2.45, 2.75) is 128 Å². The van der Waals surface area contributed by atoms with Gasteiger partial charge in [0.1, 0.15) is 24.4 Å². The molecule has 0 aromatic carbocycles. The first-order valence-corrected chi connectivity index (χ1v) is 13.6. The molecule has 0 aliphatic rings. The molecule has 0 saturated heterocycles. The van der Waals surface area contributed by atoms with Crippen molar-refractivity contribution in [3.8, 4) is 0 Å². The number of aliphatic hydroxyl groups is 6. The highest BCUT2D eigenvalue weighted by Crippen LogP contribution is 2.21. The Morgan fingerprint density at radius 3 is 1.56 bits per heavy atom. The van der Waals surface area contributed by atoms with Crippen molar-refractivity contribution >= 4 is 5.97 Å². The van der Waals surface area contributed by atoms with Crippen molar-refractivity contribution in [1.82, 2.24) is 0 Å². The second-order valence-corrected chi connectivity index (χ2v) is 9.36. The van der Waals surface area contributed by atoms with Crippen LogP contribution in [0.25, 0.3) is 0 Å². The monoisotopic (exact) mass is 524 g/mol. The summed E-state index contributed by atoms with van der Waals surface area (Å²) in [4.78, 5) is 11.4. The van der Waals surface area contributed by atoms with Crippen LogP contribution in [0.4, 0.5) is 0 Å². The maximum absolute atomic E-state index is 11.4. The summed E-state index contributed by atoms with van der Waals surface area (Å²) in [5, 5.41) is 59.4. The fourth-order valence-electron chi connectivity index (χ4n) is 3.87. The molecule has 0 aliphatic carbocycles. The number of aliphatic hydroxyl groups excluding tert-OH is 6. The van der Waals surface area contributed by atoms with Gasteiger partial charge >= 0.3 is 5.97 Å². The fraction of sp³-hybridized carbons (Fsp3) is 0.962. The van der Waals surface area contributed by atoms with Crippen molar-refractivity contribution in [2.75, 3.05) is 33.0 Å². The quantitative estimate of drug-likeness (QED) is 0.0760. The summed E-state index contributed by atoms with van der Waals surface area (Å²) >= 11 is 0. The molecule has 10 nitrogen and oxygen atoms in total. The van der Waals surface area contributed by atoms with Gasteiger partial charge in [-0.1, -0.05) is 58.3 Å². The lowest BCUT2D eigenvalue weighted by Crippen LogP contribution is -2.47. The Morgan fingerprint density at radius 2 is 1.11 bits per heavy atom. The largest absolute Gasteiger partial charge is 0.466 e. The third-order valence-electron chi connectivity index (χ3n) is 6.06. The predicted molar refractivity (Wildman–Crippen MR) is 135 cm³/mol. The zero-order valence-electron chi connectivity index (χ0n) is 22.3. The van der Waals surface area contributed by atoms with Crippen LogP contribution in [-0.4, -0.2) is 106 Å². The molecule has 6 atom stereocenters. The minimum atomic E-state index is -1.30. The molecule has 216 valence electrons. The van der Waals surface area contributed by atoms with Crippen molar-refractivity contribution in [1.29, 1.82) is 0 Å². The lowest BCUT2D eigenvalue weighted by atomic mass is 9.95. The number of unbranched alkanes of at least 4 members (excludes halogenated alkanes) is 7. The lowest BCUT2D eigenvalue weighted by Gasteiger charge is -2.32. The molecule has 0 bridgehead atoms. The number of rotatable bonds is 25. The van der Waals surface area contributed by atoms with E-state index in [4.69, 9.17) is 24.4 Å². The van der Waals surface area contributed by atoms with Gasteiger partial charge < -0.3 is 44.8 Å². The Hall–Kier alpha value is -0.850. The van der Waals surface area contributed by atoms with E-state index < -0.39 is 49.8 Å². The van der Waals surface area contributed by atoms with Crippen LogP contribution in [0.1, 0.15) is 90.9 Å². The Balaban J connectivity index is 4.89. The van der Waals surface area contributed by atoms with E-state index in [1.165, 1.54) is 0 Å². The van der Waals surface area contributed by atoms with E-state index in [-0.39, 0.29) is 19.2 Å². The summed E-state index contributed by atoms with van der Waals surface area (Å²) < 4.78 is 16.3. The highest BCUT2D eigenvalue weighted by Gasteiger charge is 2.33. The van der Waals surface area contributed by atoms with Crippen LogP contribution in [-0.2, 0) is 19.0 Å². The Morgan fingerprint density at radius 1 is 0.667 bits per heavy atom. The van der Waals surface area contributed by atoms with Crippen molar-refractivity contribution in [3.05, 3.63) is 0 Å². The van der Waals surface area contributed by atoms with E-state index in [1.807, 2.05) is 0 Å². The number of carbonyl (C=O) groups is 1. The molecule has 0 aliphatic heterocycles. The van der Waals surface area contributed by atoms with E-state index in [0.717, 1.165) is 51.4 Å². The third-order valence-corrected chi connectivity index (χ3v) is 6.06. The summed E-state index contributed by atoms with van der Waals surface area (Å²) in [5.74, 6) is -0.191. The first-order valence-electron chi connectivity index (χ1n) is 13.6. The predicted octanol–water partition coefficient (Wildman–Crippen LogP) is 1.45. The number of carbonyl (C=O) groups excluding carboxylic acids is 1. The van der Waals surface area contributed by atoms with Gasteiger partial charge in [-0.2, -0.15) is 0 Å². The first-order chi connectivity index (χ1) is 17.3. The van der Waals surface area contributed by atoms with Gasteiger partial charge in [-0.3, -0.25) is 4.79 Å². The third kappa shape index (κ3) is 17.6. The van der Waals surface area contributed by atoms with Gasteiger partial charge in [-0.05, 0) is 26.2 Å². The number of hydrogen-bond donors (Lipinski definition) is 6. The summed E-state index contributed by atoms with van der Waals surface area (Å²) in [6, 6.07) is 0. The molecule has 0 fully saturated rings. The molecule has 6 N–H and O–H groups in total. The van der Waals surface area contributed by atoms with Crippen LogP contribution in [0.5, 0.6) is 0 Å². The van der Waals surface area contributed by atoms with E-state index in [0.29, 0.717) is 32.3 Å². The maximum atomic E-state index is 11.4. The summed E-state index contributed by atoms with van der Waals surface area (Å²) in [6.07, 6.45) is 2.85. The van der Waals surface area contributed by atoms with Gasteiger partial charge in [-0.25, -0.2) is 0 Å². The topological polar surface area (TPSA) is 166 Å². The number of hydrogen-bond acceptors (Lipinski definition) is 10. The highest BCUT2D eigenvalue weighted by molar-refractivity contribution is 5.69. The van der Waals surface area contributed by atoms with Crippen LogP contribution >= 0.6 is 0 Å². The smallest absolute Gasteiger partial charge is 0.305 e. The molecule has 0 saturated carbocycles. The molecule has 0 radical (unpaired) electrons. The minimum Gasteiger partial charge on any atom is -0.466 e. The van der Waals surface area contributed by atoms with Gasteiger partial charge in [0.05, 0.1) is 45.2 Å². The van der Waals surface area contributed by atoms with Gasteiger partial charge in [0.15, 0.2) is 0 Å². The normalized spacial score (nSPS) is 16.8. The Bertz CT molecular complexity index is 507. The molecule has 6 unspecified atom stereocenters. The highest BCUT2D eigenvalue weighted by atomic mass is 16.5. The van der Waals surface area contributed by atoms with Gasteiger partial charge in [0.25, 0.3) is 0 Å². The molecule has 10 heteroatoms. The van der Waals surface area contributed by atoms with Crippen LogP contribution in [0, 0.1) is 0 Å². The zero-order chi connectivity index (χ0) is 27.2. The maximum Gasteiger partial charge on any atom is 0.305 e. The van der Waals surface area contributed by atoms with E-state index in [2.05, 4.69) is 6.92 Å². The van der Waals surface area contributed by atoms with E-state index >= 15 is 0 Å². The van der Waals surface area contributed by atoms with Crippen LogP contribution in [0.3, 0.4) is 0 Å². The minimum absolute atomic E-state index is 0.167. The molecular weight excluding hydrogens is 472 g/mol. The molecule has 0 amide bonds. The second-order valence-electron chi connectivity index (χ2n) is 9.36. The number of esters is 1. The molecule has 36 heavy (non-hydrogen) atoms. The molecule has 0 aromatic rings. The zero-order valence-corrected chi connectivity index (χ0v) is 22.3. The average Bonchev–Trinajstić information content (AvgIpc) is 2.88. The van der Waals surface area contributed by atoms with E-state index in [9.17, 15) is 25.2 Å². The molecule has 0 aromatic heterocycles. The van der Waals surface area contributed by atoms with Crippen molar-refractivity contribution < 1.29 is 49.6 Å². The molecule has 0 heterocycles. The van der Waals surface area contributed by atoms with Crippen LogP contribution < -0.4 is 0 Å². The Labute approximate surface area is 216 Å².